The van der Waals surface area contributed by atoms with Gasteiger partial charge in [0.15, 0.2) is 0 Å². The third-order valence-electron chi connectivity index (χ3n) is 5.94. The van der Waals surface area contributed by atoms with Crippen LogP contribution in [0.3, 0.4) is 0 Å². The lowest BCUT2D eigenvalue weighted by atomic mass is 10.1. The lowest BCUT2D eigenvalue weighted by Gasteiger charge is -2.22. The summed E-state index contributed by atoms with van der Waals surface area (Å²) in [6.07, 6.45) is 3.11. The fraction of sp³-hybridized carbons (Fsp3) is 0.417. The van der Waals surface area contributed by atoms with Crippen LogP contribution in [0.1, 0.15) is 30.5 Å². The summed E-state index contributed by atoms with van der Waals surface area (Å²) in [6.45, 7) is 4.37. The molecule has 1 aromatic heterocycles. The Morgan fingerprint density at radius 1 is 1.06 bits per heavy atom. The average Bonchev–Trinajstić information content (AvgIpc) is 3.03. The molecule has 0 aliphatic carbocycles. The van der Waals surface area contributed by atoms with Gasteiger partial charge in [0.25, 0.3) is 0 Å². The van der Waals surface area contributed by atoms with Gasteiger partial charge in [0.2, 0.25) is 5.95 Å². The predicted molar refractivity (Wildman–Crippen MR) is 120 cm³/mol. The summed E-state index contributed by atoms with van der Waals surface area (Å²) in [4.78, 5) is 11.6. The highest BCUT2D eigenvalue weighted by molar-refractivity contribution is 5.81. The molecule has 1 unspecified atom stereocenters. The molecule has 1 aliphatic rings. The van der Waals surface area contributed by atoms with Crippen LogP contribution >= 0.6 is 0 Å². The van der Waals surface area contributed by atoms with Crippen LogP contribution in [0.15, 0.2) is 36.4 Å². The van der Waals surface area contributed by atoms with Crippen LogP contribution in [0.4, 0.5) is 10.3 Å². The van der Waals surface area contributed by atoms with E-state index in [-0.39, 0.29) is 5.82 Å². The van der Waals surface area contributed by atoms with Gasteiger partial charge >= 0.3 is 0 Å². The van der Waals surface area contributed by atoms with Crippen molar-refractivity contribution in [1.29, 1.82) is 0 Å². The minimum absolute atomic E-state index is 0.262. The van der Waals surface area contributed by atoms with Crippen molar-refractivity contribution in [2.75, 3.05) is 32.2 Å². The highest BCUT2D eigenvalue weighted by Gasteiger charge is 2.20. The summed E-state index contributed by atoms with van der Waals surface area (Å²) in [6, 6.07) is 10.9. The Morgan fingerprint density at radius 2 is 1.84 bits per heavy atom. The number of halogens is 1. The van der Waals surface area contributed by atoms with Crippen molar-refractivity contribution in [2.45, 2.75) is 38.8 Å². The van der Waals surface area contributed by atoms with Gasteiger partial charge in [-0.05, 0) is 56.5 Å². The van der Waals surface area contributed by atoms with Crippen molar-refractivity contribution in [3.8, 4) is 11.5 Å². The van der Waals surface area contributed by atoms with Crippen LogP contribution < -0.4 is 19.7 Å². The second-order valence-electron chi connectivity index (χ2n) is 7.91. The van der Waals surface area contributed by atoms with E-state index in [0.29, 0.717) is 12.6 Å². The summed E-state index contributed by atoms with van der Waals surface area (Å²) in [5.41, 5.74) is 2.63. The summed E-state index contributed by atoms with van der Waals surface area (Å²) in [7, 11) is 3.36. The molecular formula is C24H29FN4O2. The molecule has 0 spiro atoms. The van der Waals surface area contributed by atoms with Crippen molar-refractivity contribution >= 4 is 16.9 Å². The number of nitrogens with one attached hydrogen (secondary N) is 1. The van der Waals surface area contributed by atoms with Crippen LogP contribution in [0.5, 0.6) is 11.5 Å². The minimum Gasteiger partial charge on any atom is -0.496 e. The van der Waals surface area contributed by atoms with E-state index in [2.05, 4.69) is 15.2 Å². The van der Waals surface area contributed by atoms with Crippen LogP contribution in [0.2, 0.25) is 0 Å². The number of hydrogen-bond acceptors (Lipinski definition) is 6. The van der Waals surface area contributed by atoms with E-state index in [1.807, 2.05) is 25.1 Å². The molecule has 2 heterocycles. The van der Waals surface area contributed by atoms with E-state index < -0.39 is 0 Å². The van der Waals surface area contributed by atoms with E-state index in [1.54, 1.807) is 20.3 Å². The van der Waals surface area contributed by atoms with Crippen LogP contribution in [-0.2, 0) is 6.54 Å². The first-order valence-corrected chi connectivity index (χ1v) is 10.7. The third-order valence-corrected chi connectivity index (χ3v) is 5.94. The number of rotatable bonds is 6. The third kappa shape index (κ3) is 4.71. The molecule has 164 valence electrons. The molecule has 3 aromatic rings. The largest absolute Gasteiger partial charge is 0.496 e. The number of anilines is 1. The van der Waals surface area contributed by atoms with Crippen LogP contribution in [0.25, 0.3) is 10.9 Å². The molecule has 1 saturated heterocycles. The molecular weight excluding hydrogens is 395 g/mol. The molecule has 0 amide bonds. The highest BCUT2D eigenvalue weighted by Crippen LogP contribution is 2.28. The normalized spacial score (nSPS) is 16.9. The molecule has 4 rings (SSSR count). The number of benzene rings is 2. The van der Waals surface area contributed by atoms with Crippen LogP contribution in [-0.4, -0.2) is 43.3 Å². The Labute approximate surface area is 182 Å². The predicted octanol–water partition coefficient (Wildman–Crippen LogP) is 4.24. The maximum absolute atomic E-state index is 13.6. The molecule has 6 nitrogen and oxygen atoms in total. The van der Waals surface area contributed by atoms with Gasteiger partial charge in [-0.3, -0.25) is 0 Å². The molecule has 1 atom stereocenters. The molecule has 1 fully saturated rings. The van der Waals surface area contributed by atoms with Gasteiger partial charge in [-0.15, -0.1) is 0 Å². The molecule has 7 heteroatoms. The number of fused-ring (bicyclic) bond motifs is 1. The number of nitrogens with zero attached hydrogens (tertiary/aromatic N) is 3. The monoisotopic (exact) mass is 424 g/mol. The Morgan fingerprint density at radius 3 is 2.58 bits per heavy atom. The Hall–Kier alpha value is -2.93. The Kier molecular flexibility index (Phi) is 6.51. The molecule has 0 radical (unpaired) electrons. The summed E-state index contributed by atoms with van der Waals surface area (Å²) < 4.78 is 24.6. The number of ether oxygens (including phenoxy) is 2. The van der Waals surface area contributed by atoms with Gasteiger partial charge in [0.05, 0.1) is 25.4 Å². The molecule has 31 heavy (non-hydrogen) atoms. The molecule has 2 aromatic carbocycles. The second kappa shape index (κ2) is 9.47. The molecule has 1 aliphatic heterocycles. The fourth-order valence-corrected chi connectivity index (χ4v) is 4.23. The van der Waals surface area contributed by atoms with Crippen molar-refractivity contribution in [1.82, 2.24) is 15.3 Å². The quantitative estimate of drug-likeness (QED) is 0.639. The standard InChI is InChI=1S/C24H29FN4O2/c1-16-19-14-17(25)9-10-21(19)28-24(27-16)29-12-5-6-18(11-13-29)26-15-20-22(30-2)7-4-8-23(20)31-3/h4,7-10,14,18,26H,5-6,11-13,15H2,1-3H3. The van der Waals surface area contributed by atoms with Crippen LogP contribution in [0, 0.1) is 12.7 Å². The molecule has 0 bridgehead atoms. The van der Waals surface area contributed by atoms with Gasteiger partial charge in [0, 0.05) is 36.6 Å². The number of hydrogen-bond donors (Lipinski definition) is 1. The van der Waals surface area contributed by atoms with E-state index in [1.165, 1.54) is 12.1 Å². The lowest BCUT2D eigenvalue weighted by Crippen LogP contribution is -2.31. The fourth-order valence-electron chi connectivity index (χ4n) is 4.23. The Balaban J connectivity index is 1.44. The molecule has 0 saturated carbocycles. The van der Waals surface area contributed by atoms with Crippen molar-refractivity contribution < 1.29 is 13.9 Å². The van der Waals surface area contributed by atoms with E-state index in [9.17, 15) is 4.39 Å². The van der Waals surface area contributed by atoms with E-state index in [0.717, 1.165) is 72.0 Å². The summed E-state index contributed by atoms with van der Waals surface area (Å²) in [5.74, 6) is 2.13. The highest BCUT2D eigenvalue weighted by atomic mass is 19.1. The van der Waals surface area contributed by atoms with Crippen molar-refractivity contribution in [3.05, 3.63) is 53.5 Å². The lowest BCUT2D eigenvalue weighted by molar-refractivity contribution is 0.376. The van der Waals surface area contributed by atoms with Crippen molar-refractivity contribution in [2.24, 2.45) is 0 Å². The SMILES string of the molecule is COc1cccc(OC)c1CNC1CCCN(c2nc(C)c3cc(F)ccc3n2)CC1. The smallest absolute Gasteiger partial charge is 0.226 e. The zero-order valence-electron chi connectivity index (χ0n) is 18.3. The zero-order chi connectivity index (χ0) is 21.8. The topological polar surface area (TPSA) is 59.5 Å². The first kappa shape index (κ1) is 21.3. The van der Waals surface area contributed by atoms with Gasteiger partial charge in [-0.1, -0.05) is 6.07 Å². The van der Waals surface area contributed by atoms with Gasteiger partial charge in [0.1, 0.15) is 17.3 Å². The number of aromatic nitrogens is 2. The average molecular weight is 425 g/mol. The minimum atomic E-state index is -0.262. The second-order valence-corrected chi connectivity index (χ2v) is 7.91. The zero-order valence-corrected chi connectivity index (χ0v) is 18.3. The number of methoxy groups -OCH3 is 2. The van der Waals surface area contributed by atoms with Gasteiger partial charge in [-0.25, -0.2) is 14.4 Å². The first-order chi connectivity index (χ1) is 15.1. The Bertz CT molecular complexity index is 1040. The first-order valence-electron chi connectivity index (χ1n) is 10.7. The van der Waals surface area contributed by atoms with E-state index in [4.69, 9.17) is 14.5 Å². The van der Waals surface area contributed by atoms with Gasteiger partial charge in [-0.2, -0.15) is 0 Å². The summed E-state index contributed by atoms with van der Waals surface area (Å²) in [5, 5.41) is 4.44. The van der Waals surface area contributed by atoms with Gasteiger partial charge < -0.3 is 19.7 Å². The maximum Gasteiger partial charge on any atom is 0.226 e. The maximum atomic E-state index is 13.6. The summed E-state index contributed by atoms with van der Waals surface area (Å²) >= 11 is 0. The van der Waals surface area contributed by atoms with Crippen molar-refractivity contribution in [3.63, 3.8) is 0 Å². The molecule has 1 N–H and O–H groups in total. The number of aryl methyl sites for hydroxylation is 1. The van der Waals surface area contributed by atoms with E-state index >= 15 is 0 Å².